The molecule has 0 unspecified atom stereocenters. The van der Waals surface area contributed by atoms with E-state index in [4.69, 9.17) is 0 Å². The summed E-state index contributed by atoms with van der Waals surface area (Å²) in [6.07, 6.45) is 5.18. The first-order valence-corrected chi connectivity index (χ1v) is 11.7. The highest BCUT2D eigenvalue weighted by Gasteiger charge is 2.44. The maximum Gasteiger partial charge on any atom is 0.0346 e. The van der Waals surface area contributed by atoms with Crippen LogP contribution in [0, 0.1) is 0 Å². The van der Waals surface area contributed by atoms with Gasteiger partial charge >= 0.3 is 0 Å². The van der Waals surface area contributed by atoms with Gasteiger partial charge in [-0.2, -0.15) is 0 Å². The third-order valence-electron chi connectivity index (χ3n) is 8.22. The molecule has 0 atom stereocenters. The summed E-state index contributed by atoms with van der Waals surface area (Å²) in [4.78, 5) is 0. The summed E-state index contributed by atoms with van der Waals surface area (Å²) in [5, 5.41) is 0. The summed E-state index contributed by atoms with van der Waals surface area (Å²) in [6.45, 7) is 0. The Labute approximate surface area is 188 Å². The van der Waals surface area contributed by atoms with E-state index in [1.54, 1.807) is 0 Å². The van der Waals surface area contributed by atoms with Crippen molar-refractivity contribution in [2.24, 2.45) is 0 Å². The Morgan fingerprint density at radius 2 is 0.562 bits per heavy atom. The summed E-state index contributed by atoms with van der Waals surface area (Å²) in [5.74, 6) is 1.37. The fourth-order valence-corrected chi connectivity index (χ4v) is 7.00. The topological polar surface area (TPSA) is 0 Å². The molecule has 150 valence electrons. The van der Waals surface area contributed by atoms with Gasteiger partial charge in [-0.15, -0.1) is 0 Å². The first kappa shape index (κ1) is 17.0. The second-order valence-electron chi connectivity index (χ2n) is 9.58. The van der Waals surface area contributed by atoms with E-state index in [0.717, 1.165) is 0 Å². The smallest absolute Gasteiger partial charge is 0.0346 e. The number of hydrogen-bond acceptors (Lipinski definition) is 0. The predicted octanol–water partition coefficient (Wildman–Crippen LogP) is 7.42. The van der Waals surface area contributed by atoms with Crippen LogP contribution in [0.4, 0.5) is 0 Å². The normalized spacial score (nSPS) is 25.2. The third kappa shape index (κ3) is 1.99. The molecule has 6 aliphatic carbocycles. The Morgan fingerprint density at radius 3 is 0.844 bits per heavy atom. The molecule has 4 aromatic rings. The van der Waals surface area contributed by atoms with Gasteiger partial charge in [0.25, 0.3) is 0 Å². The van der Waals surface area contributed by atoms with E-state index in [9.17, 15) is 0 Å². The standard InChI is InChI=1S/C32H22/c1-5-13-23-19(9-1)27-17-29(31(23)24-14-6-2-10-20(24)27)30-18-28-21-11-3-7-15-25(21)32(30)26-16-8-4-12-22(26)28/h1-18,27-28,31-32H. The van der Waals surface area contributed by atoms with Gasteiger partial charge in [-0.3, -0.25) is 0 Å². The van der Waals surface area contributed by atoms with Gasteiger partial charge in [-0.05, 0) is 55.7 Å². The Bertz CT molecular complexity index is 1290. The van der Waals surface area contributed by atoms with Crippen molar-refractivity contribution >= 4 is 0 Å². The van der Waals surface area contributed by atoms with Crippen LogP contribution in [0.2, 0.25) is 0 Å². The quantitative estimate of drug-likeness (QED) is 0.308. The van der Waals surface area contributed by atoms with Crippen molar-refractivity contribution in [1.82, 2.24) is 0 Å². The van der Waals surface area contributed by atoms with E-state index in [1.165, 1.54) is 55.7 Å². The second-order valence-corrected chi connectivity index (χ2v) is 9.58. The number of fused-ring (bicyclic) bond motifs is 1. The van der Waals surface area contributed by atoms with Crippen LogP contribution < -0.4 is 0 Å². The van der Waals surface area contributed by atoms with Gasteiger partial charge in [0, 0.05) is 23.7 Å². The average molecular weight is 407 g/mol. The van der Waals surface area contributed by atoms with Crippen LogP contribution in [0.25, 0.3) is 0 Å². The first-order valence-electron chi connectivity index (χ1n) is 11.7. The van der Waals surface area contributed by atoms with Crippen molar-refractivity contribution in [3.05, 3.63) is 165 Å². The monoisotopic (exact) mass is 406 g/mol. The molecule has 0 heteroatoms. The van der Waals surface area contributed by atoms with Crippen molar-refractivity contribution in [1.29, 1.82) is 0 Å². The van der Waals surface area contributed by atoms with Crippen LogP contribution in [0.3, 0.4) is 0 Å². The van der Waals surface area contributed by atoms with Gasteiger partial charge in [0.2, 0.25) is 0 Å². The molecular formula is C32H22. The Morgan fingerprint density at radius 1 is 0.312 bits per heavy atom. The highest BCUT2D eigenvalue weighted by Crippen LogP contribution is 2.60. The van der Waals surface area contributed by atoms with Crippen molar-refractivity contribution < 1.29 is 0 Å². The lowest BCUT2D eigenvalue weighted by Crippen LogP contribution is -2.30. The molecular weight excluding hydrogens is 384 g/mol. The van der Waals surface area contributed by atoms with Crippen molar-refractivity contribution in [2.75, 3.05) is 0 Å². The van der Waals surface area contributed by atoms with Gasteiger partial charge in [0.05, 0.1) is 0 Å². The number of allylic oxidation sites excluding steroid dienone is 4. The molecule has 0 aliphatic heterocycles. The van der Waals surface area contributed by atoms with Gasteiger partial charge in [0.1, 0.15) is 0 Å². The van der Waals surface area contributed by atoms with E-state index in [1.807, 2.05) is 0 Å². The molecule has 0 saturated heterocycles. The van der Waals surface area contributed by atoms with Crippen molar-refractivity contribution in [2.45, 2.75) is 23.7 Å². The zero-order valence-corrected chi connectivity index (χ0v) is 17.7. The molecule has 4 aromatic carbocycles. The predicted molar refractivity (Wildman–Crippen MR) is 129 cm³/mol. The summed E-state index contributed by atoms with van der Waals surface area (Å²) >= 11 is 0. The van der Waals surface area contributed by atoms with Crippen LogP contribution in [-0.2, 0) is 0 Å². The molecule has 0 radical (unpaired) electrons. The molecule has 32 heavy (non-hydrogen) atoms. The molecule has 6 aliphatic rings. The molecule has 10 rings (SSSR count). The van der Waals surface area contributed by atoms with Crippen molar-refractivity contribution in [3.63, 3.8) is 0 Å². The molecule has 0 heterocycles. The average Bonchev–Trinajstić information content (AvgIpc) is 2.89. The zero-order valence-electron chi connectivity index (χ0n) is 17.7. The summed E-state index contributed by atoms with van der Waals surface area (Å²) in [5.41, 5.74) is 15.0. The number of rotatable bonds is 1. The molecule has 0 aromatic heterocycles. The van der Waals surface area contributed by atoms with Gasteiger partial charge in [0.15, 0.2) is 0 Å². The molecule has 0 N–H and O–H groups in total. The maximum absolute atomic E-state index is 2.59. The molecule has 0 nitrogen and oxygen atoms in total. The van der Waals surface area contributed by atoms with Gasteiger partial charge < -0.3 is 0 Å². The summed E-state index contributed by atoms with van der Waals surface area (Å²) in [7, 11) is 0. The SMILES string of the molecule is C1=C(C2=CC3c4ccccc4C2c2ccccc23)C2c3ccccc3C1c1ccccc12. The highest BCUT2D eigenvalue weighted by atomic mass is 14.5. The van der Waals surface area contributed by atoms with Crippen LogP contribution in [0.5, 0.6) is 0 Å². The van der Waals surface area contributed by atoms with Gasteiger partial charge in [-0.1, -0.05) is 109 Å². The Kier molecular flexibility index (Phi) is 3.18. The number of hydrogen-bond donors (Lipinski definition) is 0. The molecule has 0 spiro atoms. The Balaban J connectivity index is 1.38. The lowest BCUT2D eigenvalue weighted by Gasteiger charge is -2.46. The van der Waals surface area contributed by atoms with Crippen molar-refractivity contribution in [3.8, 4) is 0 Å². The zero-order chi connectivity index (χ0) is 20.8. The molecule has 0 amide bonds. The van der Waals surface area contributed by atoms with Gasteiger partial charge in [-0.25, -0.2) is 0 Å². The molecule has 4 bridgehead atoms. The Hall–Kier alpha value is -3.64. The van der Waals surface area contributed by atoms with E-state index >= 15 is 0 Å². The fraction of sp³-hybridized carbons (Fsp3) is 0.125. The second kappa shape index (κ2) is 5.99. The minimum atomic E-state index is 0.331. The van der Waals surface area contributed by atoms with E-state index in [-0.39, 0.29) is 0 Å². The van der Waals surface area contributed by atoms with E-state index < -0.39 is 0 Å². The summed E-state index contributed by atoms with van der Waals surface area (Å²) in [6, 6.07) is 36.4. The lowest BCUT2D eigenvalue weighted by atomic mass is 9.57. The first-order chi connectivity index (χ1) is 15.9. The van der Waals surface area contributed by atoms with Crippen LogP contribution >= 0.6 is 0 Å². The van der Waals surface area contributed by atoms with Crippen LogP contribution in [-0.4, -0.2) is 0 Å². The maximum atomic E-state index is 2.59. The fourth-order valence-electron chi connectivity index (χ4n) is 7.00. The lowest BCUT2D eigenvalue weighted by molar-refractivity contribution is 0.718. The highest BCUT2D eigenvalue weighted by molar-refractivity contribution is 5.72. The minimum Gasteiger partial charge on any atom is -0.0681 e. The largest absolute Gasteiger partial charge is 0.0681 e. The third-order valence-corrected chi connectivity index (χ3v) is 8.22. The van der Waals surface area contributed by atoms with E-state index in [2.05, 4.69) is 109 Å². The number of benzene rings is 4. The van der Waals surface area contributed by atoms with Crippen LogP contribution in [0.1, 0.15) is 68.2 Å². The molecule has 0 saturated carbocycles. The molecule has 0 fully saturated rings. The van der Waals surface area contributed by atoms with E-state index in [0.29, 0.717) is 23.7 Å². The summed E-state index contributed by atoms with van der Waals surface area (Å²) < 4.78 is 0. The van der Waals surface area contributed by atoms with Crippen LogP contribution in [0.15, 0.2) is 120 Å². The minimum absolute atomic E-state index is 0.331.